The molecule has 3 aromatic heterocycles. The van der Waals surface area contributed by atoms with Gasteiger partial charge in [-0.2, -0.15) is 0 Å². The molecule has 0 atom stereocenters. The fourth-order valence-electron chi connectivity index (χ4n) is 9.35. The summed E-state index contributed by atoms with van der Waals surface area (Å²) in [7, 11) is 0. The Balaban J connectivity index is 0.00000582. The molecule has 0 saturated heterocycles. The molecule has 0 aliphatic carbocycles. The third-order valence-corrected chi connectivity index (χ3v) is 13.0. The first-order valence-corrected chi connectivity index (χ1v) is 23.7. The van der Waals surface area contributed by atoms with Gasteiger partial charge in [0.1, 0.15) is 0 Å². The quantitative estimate of drug-likeness (QED) is 0.128. The van der Waals surface area contributed by atoms with E-state index in [1.165, 1.54) is 5.56 Å². The van der Waals surface area contributed by atoms with Crippen LogP contribution in [0.25, 0.3) is 112 Å². The maximum absolute atomic E-state index is 4.86. The Bertz CT molecular complexity index is 3460. The summed E-state index contributed by atoms with van der Waals surface area (Å²) in [5.74, 6) is 0. The Morgan fingerprint density at radius 2 is 0.732 bits per heavy atom. The Morgan fingerprint density at radius 1 is 0.296 bits per heavy atom. The number of nitrogens with zero attached hydrogens (tertiary/aromatic N) is 3. The SMILES string of the molecule is CC(C)(C)c1ccnc(-c2[c-]cc(-c3ccccc3-c3cc(-c4ccccc4-c4c[c-]c(-c5ccccn5)cc4)cc(-c4ccccc4-c4c[c-]c(-c5ccccn5)cc4)c3)c(-c3ccccc3)c2)c1.[Ir+3]. The average molecular weight is 1090 g/mol. The summed E-state index contributed by atoms with van der Waals surface area (Å²) in [6.45, 7) is 6.72. The molecule has 0 fully saturated rings. The van der Waals surface area contributed by atoms with Gasteiger partial charge in [0, 0.05) is 18.6 Å². The second-order valence-electron chi connectivity index (χ2n) is 18.6. The van der Waals surface area contributed by atoms with Gasteiger partial charge in [0.15, 0.2) is 0 Å². The minimum atomic E-state index is -0.0143. The second kappa shape index (κ2) is 20.4. The normalized spacial score (nSPS) is 11.2. The molecular formula is C67H48IrN3. The number of hydrogen-bond acceptors (Lipinski definition) is 3. The van der Waals surface area contributed by atoms with E-state index < -0.39 is 0 Å². The van der Waals surface area contributed by atoms with E-state index >= 15 is 0 Å². The predicted molar refractivity (Wildman–Crippen MR) is 289 cm³/mol. The van der Waals surface area contributed by atoms with Crippen LogP contribution in [0.4, 0.5) is 0 Å². The van der Waals surface area contributed by atoms with Crippen molar-refractivity contribution in [2.24, 2.45) is 0 Å². The van der Waals surface area contributed by atoms with Crippen LogP contribution in [-0.2, 0) is 25.5 Å². The Labute approximate surface area is 431 Å². The van der Waals surface area contributed by atoms with Crippen LogP contribution >= 0.6 is 0 Å². The largest absolute Gasteiger partial charge is 3.00 e. The maximum Gasteiger partial charge on any atom is 3.00 e. The van der Waals surface area contributed by atoms with Crippen molar-refractivity contribution in [3.8, 4) is 112 Å². The summed E-state index contributed by atoms with van der Waals surface area (Å²) in [6.07, 6.45) is 5.56. The number of pyridine rings is 3. The molecule has 0 radical (unpaired) electrons. The number of aromatic nitrogens is 3. The minimum absolute atomic E-state index is 0. The maximum atomic E-state index is 4.86. The number of hydrogen-bond donors (Lipinski definition) is 0. The topological polar surface area (TPSA) is 38.7 Å². The molecule has 0 bridgehead atoms. The van der Waals surface area contributed by atoms with E-state index in [4.69, 9.17) is 4.98 Å². The van der Waals surface area contributed by atoms with E-state index in [1.54, 1.807) is 0 Å². The monoisotopic (exact) mass is 1090 g/mol. The van der Waals surface area contributed by atoms with Gasteiger partial charge in [0.2, 0.25) is 0 Å². The standard InChI is InChI=1S/C67H48N3.Ir/c1-67(2,3)55-37-40-70-66(45-55)51-35-36-62(63(44-51)46-17-5-4-6-18-46)61-24-12-11-23-60(61)54-42-52(58-21-9-7-19-56(58)47-27-31-49(32-28-47)64-25-13-15-38-68-64)41-53(43-54)59-22-10-8-20-57(59)48-29-33-50(34-30-48)65-26-14-16-39-69-65;/h4-31,33,36-45H,1-3H3;/q-3;+3. The summed E-state index contributed by atoms with van der Waals surface area (Å²) < 4.78 is 0. The molecule has 0 spiro atoms. The minimum Gasteiger partial charge on any atom is -0.305 e. The summed E-state index contributed by atoms with van der Waals surface area (Å²) >= 11 is 0. The van der Waals surface area contributed by atoms with Crippen molar-refractivity contribution >= 4 is 0 Å². The van der Waals surface area contributed by atoms with Gasteiger partial charge in [-0.05, 0) is 103 Å². The molecule has 0 saturated carbocycles. The van der Waals surface area contributed by atoms with Crippen molar-refractivity contribution in [1.82, 2.24) is 15.0 Å². The molecule has 0 aliphatic heterocycles. The number of rotatable bonds is 10. The zero-order valence-electron chi connectivity index (χ0n) is 39.7. The Kier molecular flexibility index (Phi) is 13.4. The molecule has 0 aliphatic rings. The molecule has 11 rings (SSSR count). The third kappa shape index (κ3) is 9.87. The van der Waals surface area contributed by atoms with Crippen molar-refractivity contribution < 1.29 is 20.1 Å². The second-order valence-corrected chi connectivity index (χ2v) is 18.6. The van der Waals surface area contributed by atoms with Crippen molar-refractivity contribution in [3.05, 3.63) is 261 Å². The van der Waals surface area contributed by atoms with Gasteiger partial charge in [-0.15, -0.1) is 83.4 Å². The Hall–Kier alpha value is -8.14. The zero-order valence-corrected chi connectivity index (χ0v) is 42.1. The molecule has 3 heterocycles. The summed E-state index contributed by atoms with van der Waals surface area (Å²) in [6, 6.07) is 88.1. The molecule has 71 heavy (non-hydrogen) atoms. The summed E-state index contributed by atoms with van der Waals surface area (Å²) in [5, 5.41) is 0. The fraction of sp³-hybridized carbons (Fsp3) is 0.0597. The van der Waals surface area contributed by atoms with Crippen LogP contribution in [0.1, 0.15) is 26.3 Å². The van der Waals surface area contributed by atoms with Crippen LogP contribution in [0, 0.1) is 18.2 Å². The van der Waals surface area contributed by atoms with Crippen LogP contribution in [-0.4, -0.2) is 15.0 Å². The molecule has 340 valence electrons. The molecule has 0 amide bonds. The molecule has 0 N–H and O–H groups in total. The predicted octanol–water partition coefficient (Wildman–Crippen LogP) is 17.2. The third-order valence-electron chi connectivity index (χ3n) is 13.0. The van der Waals surface area contributed by atoms with E-state index in [0.717, 1.165) is 112 Å². The van der Waals surface area contributed by atoms with E-state index in [-0.39, 0.29) is 25.5 Å². The van der Waals surface area contributed by atoms with Crippen LogP contribution in [0.15, 0.2) is 237 Å². The first kappa shape index (κ1) is 46.6. The van der Waals surface area contributed by atoms with Gasteiger partial charge in [0.25, 0.3) is 0 Å². The van der Waals surface area contributed by atoms with Gasteiger partial charge < -0.3 is 15.0 Å². The van der Waals surface area contributed by atoms with Crippen molar-refractivity contribution in [3.63, 3.8) is 0 Å². The van der Waals surface area contributed by atoms with Gasteiger partial charge in [0.05, 0.1) is 0 Å². The molecule has 11 aromatic rings. The Morgan fingerprint density at radius 3 is 1.20 bits per heavy atom. The molecule has 8 aromatic carbocycles. The average Bonchev–Trinajstić information content (AvgIpc) is 3.43. The molecule has 0 unspecified atom stereocenters. The van der Waals surface area contributed by atoms with E-state index in [2.05, 4.69) is 231 Å². The molecule has 3 nitrogen and oxygen atoms in total. The van der Waals surface area contributed by atoms with Crippen molar-refractivity contribution in [2.45, 2.75) is 26.2 Å². The number of benzene rings is 8. The van der Waals surface area contributed by atoms with E-state index in [0.29, 0.717) is 0 Å². The first-order valence-electron chi connectivity index (χ1n) is 23.7. The van der Waals surface area contributed by atoms with Gasteiger partial charge >= 0.3 is 20.1 Å². The van der Waals surface area contributed by atoms with E-state index in [1.807, 2.05) is 55.0 Å². The molecule has 4 heteroatoms. The fourth-order valence-corrected chi connectivity index (χ4v) is 9.35. The van der Waals surface area contributed by atoms with Gasteiger partial charge in [-0.3, -0.25) is 0 Å². The smallest absolute Gasteiger partial charge is 0.305 e. The summed E-state index contributed by atoms with van der Waals surface area (Å²) in [4.78, 5) is 14.0. The van der Waals surface area contributed by atoms with Gasteiger partial charge in [-0.25, -0.2) is 0 Å². The van der Waals surface area contributed by atoms with Crippen molar-refractivity contribution in [1.29, 1.82) is 0 Å². The van der Waals surface area contributed by atoms with Crippen LogP contribution in [0.3, 0.4) is 0 Å². The van der Waals surface area contributed by atoms with Crippen LogP contribution < -0.4 is 0 Å². The zero-order chi connectivity index (χ0) is 47.4. The van der Waals surface area contributed by atoms with Crippen LogP contribution in [0.2, 0.25) is 0 Å². The summed E-state index contributed by atoms with van der Waals surface area (Å²) in [5.41, 5.74) is 22.3. The molecular weight excluding hydrogens is 1040 g/mol. The first-order chi connectivity index (χ1) is 34.3. The van der Waals surface area contributed by atoms with E-state index in [9.17, 15) is 0 Å². The van der Waals surface area contributed by atoms with Crippen molar-refractivity contribution in [2.75, 3.05) is 0 Å². The van der Waals surface area contributed by atoms with Crippen LogP contribution in [0.5, 0.6) is 0 Å². The van der Waals surface area contributed by atoms with Gasteiger partial charge in [-0.1, -0.05) is 193 Å².